The quantitative estimate of drug-likeness (QED) is 0.586. The number of likely N-dealkylation sites (tertiary alicyclic amines) is 1. The van der Waals surface area contributed by atoms with Gasteiger partial charge in [-0.25, -0.2) is 0 Å². The maximum absolute atomic E-state index is 11.2. The molecule has 0 aromatic rings. The van der Waals surface area contributed by atoms with E-state index in [9.17, 15) is 4.79 Å². The Kier molecular flexibility index (Phi) is 3.49. The van der Waals surface area contributed by atoms with E-state index in [2.05, 4.69) is 0 Å². The van der Waals surface area contributed by atoms with Crippen LogP contribution < -0.4 is 5.73 Å². The van der Waals surface area contributed by atoms with Gasteiger partial charge in [0.2, 0.25) is 5.91 Å². The van der Waals surface area contributed by atoms with Crippen LogP contribution in [0.3, 0.4) is 0 Å². The van der Waals surface area contributed by atoms with Crippen molar-refractivity contribution in [2.45, 2.75) is 19.4 Å². The van der Waals surface area contributed by atoms with Crippen molar-refractivity contribution in [3.8, 4) is 0 Å². The number of nitrogens with two attached hydrogens (primary N) is 1. The second-order valence-corrected chi connectivity index (χ2v) is 3.00. The number of amides is 1. The van der Waals surface area contributed by atoms with E-state index >= 15 is 0 Å². The van der Waals surface area contributed by atoms with Crippen LogP contribution in [0.2, 0.25) is 0 Å². The molecule has 1 fully saturated rings. The summed E-state index contributed by atoms with van der Waals surface area (Å²) in [5.74, 6) is 0.155. The highest BCUT2D eigenvalue weighted by atomic mass is 16.5. The van der Waals surface area contributed by atoms with E-state index in [0.717, 1.165) is 0 Å². The highest BCUT2D eigenvalue weighted by Gasteiger charge is 2.25. The smallest absolute Gasteiger partial charge is 0.224 e. The molecular formula is C8H16N2O2. The summed E-state index contributed by atoms with van der Waals surface area (Å²) in [4.78, 5) is 12.9. The van der Waals surface area contributed by atoms with Gasteiger partial charge in [0.15, 0.2) is 0 Å². The number of hydrogen-bond donors (Lipinski definition) is 1. The Morgan fingerprint density at radius 1 is 1.75 bits per heavy atom. The van der Waals surface area contributed by atoms with Crippen LogP contribution in [-0.4, -0.2) is 43.2 Å². The largest absolute Gasteiger partial charge is 0.380 e. The number of rotatable bonds is 4. The number of hydrogen-bond acceptors (Lipinski definition) is 3. The van der Waals surface area contributed by atoms with Crippen LogP contribution >= 0.6 is 0 Å². The van der Waals surface area contributed by atoms with Gasteiger partial charge in [0.1, 0.15) is 0 Å². The third-order valence-electron chi connectivity index (χ3n) is 1.95. The third-order valence-corrected chi connectivity index (χ3v) is 1.95. The maximum Gasteiger partial charge on any atom is 0.224 e. The lowest BCUT2D eigenvalue weighted by atomic mass is 10.3. The molecule has 1 amide bonds. The summed E-state index contributed by atoms with van der Waals surface area (Å²) in [6.45, 7) is 4.63. The molecule has 12 heavy (non-hydrogen) atoms. The van der Waals surface area contributed by atoms with Crippen molar-refractivity contribution in [2.24, 2.45) is 5.73 Å². The Bertz CT molecular complexity index is 161. The molecule has 1 heterocycles. The van der Waals surface area contributed by atoms with E-state index in [-0.39, 0.29) is 11.9 Å². The minimum atomic E-state index is 0.0270. The predicted molar refractivity (Wildman–Crippen MR) is 45.7 cm³/mol. The first kappa shape index (κ1) is 9.48. The standard InChI is InChI=1S/C8H16N2O2/c1-2-12-4-3-10-6-7(9)5-8(10)11/h7H,2-6,9H2,1H3/t7-/m1/s1. The van der Waals surface area contributed by atoms with Gasteiger partial charge in [-0.1, -0.05) is 0 Å². The number of ether oxygens (including phenoxy) is 1. The molecule has 2 N–H and O–H groups in total. The van der Waals surface area contributed by atoms with Gasteiger partial charge in [0.05, 0.1) is 6.61 Å². The fourth-order valence-corrected chi connectivity index (χ4v) is 1.34. The zero-order valence-electron chi connectivity index (χ0n) is 7.45. The van der Waals surface area contributed by atoms with Crippen molar-refractivity contribution in [3.05, 3.63) is 0 Å². The van der Waals surface area contributed by atoms with Gasteiger partial charge in [-0.05, 0) is 6.92 Å². The maximum atomic E-state index is 11.2. The van der Waals surface area contributed by atoms with E-state index in [1.54, 1.807) is 4.90 Å². The Hall–Kier alpha value is -0.610. The van der Waals surface area contributed by atoms with Crippen molar-refractivity contribution in [1.82, 2.24) is 4.90 Å². The van der Waals surface area contributed by atoms with Crippen LogP contribution in [0.4, 0.5) is 0 Å². The van der Waals surface area contributed by atoms with E-state index in [1.165, 1.54) is 0 Å². The van der Waals surface area contributed by atoms with E-state index < -0.39 is 0 Å². The molecule has 1 aliphatic rings. The fourth-order valence-electron chi connectivity index (χ4n) is 1.34. The molecule has 4 heteroatoms. The lowest BCUT2D eigenvalue weighted by Crippen LogP contribution is -2.31. The normalized spacial score (nSPS) is 23.7. The predicted octanol–water partition coefficient (Wildman–Crippen LogP) is -0.417. The molecule has 70 valence electrons. The van der Waals surface area contributed by atoms with Gasteiger partial charge in [0, 0.05) is 32.2 Å². The number of nitrogens with zero attached hydrogens (tertiary/aromatic N) is 1. The summed E-state index contributed by atoms with van der Waals surface area (Å²) in [6, 6.07) is 0.0270. The summed E-state index contributed by atoms with van der Waals surface area (Å²) >= 11 is 0. The first-order chi connectivity index (χ1) is 5.74. The molecule has 1 rings (SSSR count). The van der Waals surface area contributed by atoms with Crippen molar-refractivity contribution in [2.75, 3.05) is 26.3 Å². The Balaban J connectivity index is 2.19. The Morgan fingerprint density at radius 2 is 2.50 bits per heavy atom. The van der Waals surface area contributed by atoms with Gasteiger partial charge in [-0.2, -0.15) is 0 Å². The lowest BCUT2D eigenvalue weighted by molar-refractivity contribution is -0.128. The van der Waals surface area contributed by atoms with Crippen molar-refractivity contribution >= 4 is 5.91 Å². The van der Waals surface area contributed by atoms with Crippen molar-refractivity contribution in [1.29, 1.82) is 0 Å². The van der Waals surface area contributed by atoms with Gasteiger partial charge in [-0.15, -0.1) is 0 Å². The second-order valence-electron chi connectivity index (χ2n) is 3.00. The summed E-state index contributed by atoms with van der Waals surface area (Å²) < 4.78 is 5.14. The van der Waals surface area contributed by atoms with E-state index in [0.29, 0.717) is 32.7 Å². The third kappa shape index (κ3) is 2.46. The summed E-state index contributed by atoms with van der Waals surface area (Å²) in [6.07, 6.45) is 0.492. The van der Waals surface area contributed by atoms with Crippen molar-refractivity contribution < 1.29 is 9.53 Å². The summed E-state index contributed by atoms with van der Waals surface area (Å²) in [5, 5.41) is 0. The highest BCUT2D eigenvalue weighted by molar-refractivity contribution is 5.79. The van der Waals surface area contributed by atoms with Crippen LogP contribution in [0.1, 0.15) is 13.3 Å². The highest BCUT2D eigenvalue weighted by Crippen LogP contribution is 2.07. The topological polar surface area (TPSA) is 55.6 Å². The summed E-state index contributed by atoms with van der Waals surface area (Å²) in [5.41, 5.74) is 5.62. The average Bonchev–Trinajstić information content (AvgIpc) is 2.31. The first-order valence-corrected chi connectivity index (χ1v) is 4.35. The van der Waals surface area contributed by atoms with Gasteiger partial charge >= 0.3 is 0 Å². The van der Waals surface area contributed by atoms with E-state index in [4.69, 9.17) is 10.5 Å². The minimum absolute atomic E-state index is 0.0270. The summed E-state index contributed by atoms with van der Waals surface area (Å²) in [7, 11) is 0. The molecule has 0 bridgehead atoms. The molecule has 0 aromatic heterocycles. The molecule has 1 atom stereocenters. The molecular weight excluding hydrogens is 156 g/mol. The van der Waals surface area contributed by atoms with Gasteiger partial charge in [0.25, 0.3) is 0 Å². The Morgan fingerprint density at radius 3 is 3.00 bits per heavy atom. The van der Waals surface area contributed by atoms with Crippen LogP contribution in [0, 0.1) is 0 Å². The van der Waals surface area contributed by atoms with Crippen LogP contribution in [0.25, 0.3) is 0 Å². The molecule has 1 saturated heterocycles. The molecule has 0 unspecified atom stereocenters. The number of carbonyl (C=O) groups excluding carboxylic acids is 1. The molecule has 0 aromatic carbocycles. The molecule has 0 aliphatic carbocycles. The van der Waals surface area contributed by atoms with Gasteiger partial charge in [-0.3, -0.25) is 4.79 Å². The molecule has 0 radical (unpaired) electrons. The average molecular weight is 172 g/mol. The number of carbonyl (C=O) groups is 1. The fraction of sp³-hybridized carbons (Fsp3) is 0.875. The molecule has 4 nitrogen and oxygen atoms in total. The van der Waals surface area contributed by atoms with Gasteiger partial charge < -0.3 is 15.4 Å². The SMILES string of the molecule is CCOCCN1C[C@H](N)CC1=O. The minimum Gasteiger partial charge on any atom is -0.380 e. The molecule has 1 aliphatic heterocycles. The zero-order chi connectivity index (χ0) is 8.97. The second kappa shape index (κ2) is 4.42. The monoisotopic (exact) mass is 172 g/mol. The zero-order valence-corrected chi connectivity index (χ0v) is 7.45. The van der Waals surface area contributed by atoms with Crippen LogP contribution in [-0.2, 0) is 9.53 Å². The van der Waals surface area contributed by atoms with Crippen LogP contribution in [0.5, 0.6) is 0 Å². The van der Waals surface area contributed by atoms with E-state index in [1.807, 2.05) is 6.92 Å². The first-order valence-electron chi connectivity index (χ1n) is 4.35. The molecule has 0 saturated carbocycles. The van der Waals surface area contributed by atoms with Crippen molar-refractivity contribution in [3.63, 3.8) is 0 Å². The molecule has 0 spiro atoms. The lowest BCUT2D eigenvalue weighted by Gasteiger charge is -2.15. The van der Waals surface area contributed by atoms with Crippen LogP contribution in [0.15, 0.2) is 0 Å². The Labute approximate surface area is 72.7 Å².